The average Bonchev–Trinajstić information content (AvgIpc) is 3.05. The van der Waals surface area contributed by atoms with E-state index in [-0.39, 0.29) is 12.6 Å². The summed E-state index contributed by atoms with van der Waals surface area (Å²) in [6, 6.07) is 0. The first-order valence-electron chi connectivity index (χ1n) is 7.33. The molecule has 0 saturated carbocycles. The predicted octanol–water partition coefficient (Wildman–Crippen LogP) is 2.90. The molecule has 0 fully saturated rings. The number of aromatic nitrogens is 2. The summed E-state index contributed by atoms with van der Waals surface area (Å²) < 4.78 is 10.7. The van der Waals surface area contributed by atoms with E-state index in [0.717, 1.165) is 35.9 Å². The van der Waals surface area contributed by atoms with Gasteiger partial charge in [-0.15, -0.1) is 11.3 Å². The Labute approximate surface area is 127 Å². The molecule has 0 unspecified atom stereocenters. The molecule has 2 heterocycles. The lowest BCUT2D eigenvalue weighted by molar-refractivity contribution is -0.146. The summed E-state index contributed by atoms with van der Waals surface area (Å²) >= 11 is 1.70. The van der Waals surface area contributed by atoms with Crippen molar-refractivity contribution in [1.29, 1.82) is 0 Å². The molecule has 21 heavy (non-hydrogen) atoms. The summed E-state index contributed by atoms with van der Waals surface area (Å²) in [5, 5.41) is 0.983. The van der Waals surface area contributed by atoms with Crippen molar-refractivity contribution in [1.82, 2.24) is 9.97 Å². The van der Waals surface area contributed by atoms with Crippen LogP contribution in [0.2, 0.25) is 0 Å². The van der Waals surface area contributed by atoms with Gasteiger partial charge in [0.2, 0.25) is 5.88 Å². The number of esters is 1. The fourth-order valence-electron chi connectivity index (χ4n) is 2.51. The third-order valence-corrected chi connectivity index (χ3v) is 4.75. The van der Waals surface area contributed by atoms with Crippen LogP contribution in [0.15, 0.2) is 6.33 Å². The number of carbonyl (C=O) groups excluding carboxylic acids is 1. The zero-order valence-electron chi connectivity index (χ0n) is 12.1. The van der Waals surface area contributed by atoms with Gasteiger partial charge >= 0.3 is 5.97 Å². The predicted molar refractivity (Wildman–Crippen MR) is 80.8 cm³/mol. The molecule has 0 atom stereocenters. The van der Waals surface area contributed by atoms with Crippen LogP contribution in [0, 0.1) is 0 Å². The second-order valence-electron chi connectivity index (χ2n) is 5.08. The summed E-state index contributed by atoms with van der Waals surface area (Å²) in [4.78, 5) is 22.4. The Morgan fingerprint density at radius 1 is 1.38 bits per heavy atom. The van der Waals surface area contributed by atoms with E-state index in [1.54, 1.807) is 11.3 Å². The highest BCUT2D eigenvalue weighted by Crippen LogP contribution is 2.39. The first-order chi connectivity index (χ1) is 10.3. The average molecular weight is 306 g/mol. The molecule has 3 rings (SSSR count). The minimum atomic E-state index is -0.345. The van der Waals surface area contributed by atoms with Crippen molar-refractivity contribution in [2.24, 2.45) is 0 Å². The molecule has 0 N–H and O–H groups in total. The van der Waals surface area contributed by atoms with Gasteiger partial charge in [-0.2, -0.15) is 0 Å². The van der Waals surface area contributed by atoms with Gasteiger partial charge in [0.05, 0.1) is 12.0 Å². The highest BCUT2D eigenvalue weighted by molar-refractivity contribution is 7.18. The van der Waals surface area contributed by atoms with Gasteiger partial charge in [0.1, 0.15) is 11.2 Å². The molecule has 1 aliphatic carbocycles. The summed E-state index contributed by atoms with van der Waals surface area (Å²) in [6.07, 6.45) is 6.69. The molecule has 112 valence electrons. The van der Waals surface area contributed by atoms with Crippen molar-refractivity contribution in [2.75, 3.05) is 13.2 Å². The molecule has 2 aromatic heterocycles. The number of ether oxygens (including phenoxy) is 2. The molecule has 6 heteroatoms. The van der Waals surface area contributed by atoms with Gasteiger partial charge in [-0.25, -0.2) is 14.8 Å². The van der Waals surface area contributed by atoms with Crippen LogP contribution in [0.1, 0.15) is 36.6 Å². The number of unbranched alkanes of at least 4 members (excludes halogenated alkanes) is 1. The van der Waals surface area contributed by atoms with Crippen LogP contribution in [-0.4, -0.2) is 29.2 Å². The van der Waals surface area contributed by atoms with Crippen LogP contribution in [0.5, 0.6) is 5.88 Å². The van der Waals surface area contributed by atoms with E-state index < -0.39 is 0 Å². The smallest absolute Gasteiger partial charge is 0.344 e. The van der Waals surface area contributed by atoms with Gasteiger partial charge < -0.3 is 9.47 Å². The molecule has 0 amide bonds. The largest absolute Gasteiger partial charge is 0.465 e. The fourth-order valence-corrected chi connectivity index (χ4v) is 3.73. The lowest BCUT2D eigenvalue weighted by atomic mass is 10.2. The van der Waals surface area contributed by atoms with E-state index in [1.165, 1.54) is 23.2 Å². The van der Waals surface area contributed by atoms with Crippen molar-refractivity contribution in [3.63, 3.8) is 0 Å². The number of hydrogen-bond donors (Lipinski definition) is 0. The fraction of sp³-hybridized carbons (Fsp3) is 0.533. The summed E-state index contributed by atoms with van der Waals surface area (Å²) in [5.41, 5.74) is 1.30. The third kappa shape index (κ3) is 3.00. The highest BCUT2D eigenvalue weighted by atomic mass is 32.1. The van der Waals surface area contributed by atoms with Gasteiger partial charge in [0, 0.05) is 4.88 Å². The summed E-state index contributed by atoms with van der Waals surface area (Å²) in [7, 11) is 0. The van der Waals surface area contributed by atoms with Gasteiger partial charge in [-0.1, -0.05) is 13.3 Å². The monoisotopic (exact) mass is 306 g/mol. The van der Waals surface area contributed by atoms with Crippen LogP contribution in [0.4, 0.5) is 0 Å². The Morgan fingerprint density at radius 3 is 3.14 bits per heavy atom. The number of hydrogen-bond acceptors (Lipinski definition) is 6. The van der Waals surface area contributed by atoms with Gasteiger partial charge in [-0.05, 0) is 31.2 Å². The number of thiophene rings is 1. The van der Waals surface area contributed by atoms with Gasteiger partial charge in [-0.3, -0.25) is 0 Å². The minimum Gasteiger partial charge on any atom is -0.465 e. The van der Waals surface area contributed by atoms with Crippen molar-refractivity contribution in [3.05, 3.63) is 16.8 Å². The van der Waals surface area contributed by atoms with E-state index in [9.17, 15) is 4.79 Å². The van der Waals surface area contributed by atoms with Crippen molar-refractivity contribution in [2.45, 2.75) is 39.0 Å². The molecule has 0 aromatic carbocycles. The lowest BCUT2D eigenvalue weighted by Crippen LogP contribution is -2.16. The van der Waals surface area contributed by atoms with Crippen LogP contribution in [0.3, 0.4) is 0 Å². The molecule has 2 aromatic rings. The highest BCUT2D eigenvalue weighted by Gasteiger charge is 2.22. The Bertz CT molecular complexity index is 654. The normalized spacial score (nSPS) is 13.4. The molecule has 1 aliphatic rings. The SMILES string of the molecule is CCCCOC(=O)COc1ncnc2sc3c(c12)CCC3. The quantitative estimate of drug-likeness (QED) is 0.606. The van der Waals surface area contributed by atoms with E-state index in [1.807, 2.05) is 0 Å². The Kier molecular flexibility index (Phi) is 4.34. The maximum atomic E-state index is 11.6. The number of fused-ring (bicyclic) bond motifs is 3. The Balaban J connectivity index is 1.71. The molecule has 0 radical (unpaired) electrons. The first-order valence-corrected chi connectivity index (χ1v) is 8.15. The number of aryl methyl sites for hydroxylation is 2. The maximum Gasteiger partial charge on any atom is 0.344 e. The zero-order chi connectivity index (χ0) is 14.7. The number of rotatable bonds is 6. The molecule has 0 spiro atoms. The zero-order valence-corrected chi connectivity index (χ0v) is 12.9. The van der Waals surface area contributed by atoms with Crippen LogP contribution < -0.4 is 4.74 Å². The van der Waals surface area contributed by atoms with Crippen molar-refractivity contribution < 1.29 is 14.3 Å². The summed E-state index contributed by atoms with van der Waals surface area (Å²) in [5.74, 6) is 0.161. The molecule has 5 nitrogen and oxygen atoms in total. The van der Waals surface area contributed by atoms with Gasteiger partial charge in [0.15, 0.2) is 6.61 Å². The topological polar surface area (TPSA) is 61.3 Å². The molecule has 0 aliphatic heterocycles. The Morgan fingerprint density at radius 2 is 2.29 bits per heavy atom. The Hall–Kier alpha value is -1.69. The second kappa shape index (κ2) is 6.39. The van der Waals surface area contributed by atoms with E-state index >= 15 is 0 Å². The molecular formula is C15H18N2O3S. The number of carbonyl (C=O) groups is 1. The molecule has 0 bridgehead atoms. The van der Waals surface area contributed by atoms with Crippen molar-refractivity contribution >= 4 is 27.5 Å². The first kappa shape index (κ1) is 14.3. The van der Waals surface area contributed by atoms with E-state index in [2.05, 4.69) is 16.9 Å². The van der Waals surface area contributed by atoms with Crippen molar-refractivity contribution in [3.8, 4) is 5.88 Å². The second-order valence-corrected chi connectivity index (χ2v) is 6.16. The van der Waals surface area contributed by atoms with Crippen LogP contribution >= 0.6 is 11.3 Å². The minimum absolute atomic E-state index is 0.0968. The summed E-state index contributed by atoms with van der Waals surface area (Å²) in [6.45, 7) is 2.41. The van der Waals surface area contributed by atoms with E-state index in [4.69, 9.17) is 9.47 Å². The number of nitrogens with zero attached hydrogens (tertiary/aromatic N) is 2. The van der Waals surface area contributed by atoms with Crippen LogP contribution in [-0.2, 0) is 22.4 Å². The lowest BCUT2D eigenvalue weighted by Gasteiger charge is -2.07. The maximum absolute atomic E-state index is 11.6. The molecule has 0 saturated heterocycles. The standard InChI is InChI=1S/C15H18N2O3S/c1-2-3-7-19-12(18)8-20-14-13-10-5-4-6-11(10)21-15(13)17-9-16-14/h9H,2-8H2,1H3. The van der Waals surface area contributed by atoms with Gasteiger partial charge in [0.25, 0.3) is 0 Å². The van der Waals surface area contributed by atoms with Crippen LogP contribution in [0.25, 0.3) is 10.2 Å². The van der Waals surface area contributed by atoms with E-state index in [0.29, 0.717) is 12.5 Å². The third-order valence-electron chi connectivity index (χ3n) is 3.55. The molecular weight excluding hydrogens is 288 g/mol.